The van der Waals surface area contributed by atoms with Crippen molar-refractivity contribution in [2.24, 2.45) is 0 Å². The lowest BCUT2D eigenvalue weighted by atomic mass is 10.1. The number of anilines is 1. The molecule has 138 valence electrons. The Morgan fingerprint density at radius 2 is 1.89 bits per heavy atom. The Hall–Kier alpha value is -2.57. The number of hydrogen-bond acceptors (Lipinski definition) is 4. The summed E-state index contributed by atoms with van der Waals surface area (Å²) in [6.07, 6.45) is 1.11. The van der Waals surface area contributed by atoms with Gasteiger partial charge < -0.3 is 5.32 Å². The molecule has 0 unspecified atom stereocenters. The van der Waals surface area contributed by atoms with Crippen molar-refractivity contribution in [3.8, 4) is 0 Å². The van der Waals surface area contributed by atoms with Crippen LogP contribution in [-0.2, 0) is 30.7 Å². The van der Waals surface area contributed by atoms with Crippen LogP contribution in [0.5, 0.6) is 0 Å². The molecule has 1 aromatic heterocycles. The first-order valence-corrected chi connectivity index (χ1v) is 9.76. The third-order valence-corrected chi connectivity index (χ3v) is 5.58. The number of amides is 1. The second-order valence-electron chi connectivity index (χ2n) is 6.69. The number of halogens is 1. The van der Waals surface area contributed by atoms with Crippen molar-refractivity contribution in [3.05, 3.63) is 82.1 Å². The smallest absolute Gasteiger partial charge is 0.230 e. The molecule has 2 heterocycles. The van der Waals surface area contributed by atoms with E-state index < -0.39 is 0 Å². The normalized spacial score (nSPS) is 14.0. The maximum Gasteiger partial charge on any atom is 0.230 e. The Labute approximate surface area is 161 Å². The molecule has 0 saturated heterocycles. The van der Waals surface area contributed by atoms with Gasteiger partial charge in [0.1, 0.15) is 5.82 Å². The summed E-state index contributed by atoms with van der Waals surface area (Å²) in [6, 6.07) is 16.4. The molecular formula is C21H20FN3OS. The number of carbonyl (C=O) groups excluding carboxylic acids is 1. The predicted molar refractivity (Wildman–Crippen MR) is 105 cm³/mol. The van der Waals surface area contributed by atoms with Gasteiger partial charge in [0.2, 0.25) is 5.91 Å². The molecule has 1 aliphatic rings. The summed E-state index contributed by atoms with van der Waals surface area (Å²) >= 11 is 1.55. The van der Waals surface area contributed by atoms with E-state index in [-0.39, 0.29) is 18.1 Å². The lowest BCUT2D eigenvalue weighted by molar-refractivity contribution is -0.115. The molecular weight excluding hydrogens is 361 g/mol. The largest absolute Gasteiger partial charge is 0.302 e. The van der Waals surface area contributed by atoms with Crippen LogP contribution in [0.1, 0.15) is 21.7 Å². The standard InChI is InChI=1S/C21H20FN3OS/c22-17-8-6-15(7-9-17)12-20(26)24-21-23-18-10-11-25(14-19(18)27-21)13-16-4-2-1-3-5-16/h1-9H,10-14H2,(H,23,24,26). The lowest BCUT2D eigenvalue weighted by Gasteiger charge is -2.25. The molecule has 1 aliphatic heterocycles. The van der Waals surface area contributed by atoms with Crippen molar-refractivity contribution in [1.29, 1.82) is 0 Å². The van der Waals surface area contributed by atoms with Gasteiger partial charge in [-0.15, -0.1) is 11.3 Å². The van der Waals surface area contributed by atoms with E-state index in [1.807, 2.05) is 6.07 Å². The summed E-state index contributed by atoms with van der Waals surface area (Å²) in [5, 5.41) is 3.53. The number of fused-ring (bicyclic) bond motifs is 1. The second kappa shape index (κ2) is 7.98. The van der Waals surface area contributed by atoms with Gasteiger partial charge in [-0.1, -0.05) is 42.5 Å². The predicted octanol–water partition coefficient (Wildman–Crippen LogP) is 4.02. The van der Waals surface area contributed by atoms with Crippen LogP contribution in [0.15, 0.2) is 54.6 Å². The minimum atomic E-state index is -0.299. The topological polar surface area (TPSA) is 45.2 Å². The van der Waals surface area contributed by atoms with Crippen molar-refractivity contribution in [1.82, 2.24) is 9.88 Å². The number of nitrogens with one attached hydrogen (secondary N) is 1. The van der Waals surface area contributed by atoms with Crippen molar-refractivity contribution >= 4 is 22.4 Å². The molecule has 0 atom stereocenters. The van der Waals surface area contributed by atoms with Crippen LogP contribution < -0.4 is 5.32 Å². The lowest BCUT2D eigenvalue weighted by Crippen LogP contribution is -2.29. The summed E-state index contributed by atoms with van der Waals surface area (Å²) < 4.78 is 13.0. The van der Waals surface area contributed by atoms with E-state index in [2.05, 4.69) is 39.5 Å². The number of rotatable bonds is 5. The molecule has 1 N–H and O–H groups in total. The average molecular weight is 381 g/mol. The van der Waals surface area contributed by atoms with E-state index in [0.29, 0.717) is 5.13 Å². The SMILES string of the molecule is O=C(Cc1ccc(F)cc1)Nc1nc2c(s1)CN(Cc1ccccc1)CC2. The Balaban J connectivity index is 1.36. The number of thiazole rings is 1. The highest BCUT2D eigenvalue weighted by Gasteiger charge is 2.21. The molecule has 0 saturated carbocycles. The number of carbonyl (C=O) groups is 1. The molecule has 1 amide bonds. The van der Waals surface area contributed by atoms with Gasteiger partial charge in [-0.05, 0) is 23.3 Å². The van der Waals surface area contributed by atoms with E-state index >= 15 is 0 Å². The van der Waals surface area contributed by atoms with Gasteiger partial charge in [0.25, 0.3) is 0 Å². The highest BCUT2D eigenvalue weighted by molar-refractivity contribution is 7.15. The fourth-order valence-corrected chi connectivity index (χ4v) is 4.30. The van der Waals surface area contributed by atoms with Gasteiger partial charge in [0, 0.05) is 30.9 Å². The molecule has 6 heteroatoms. The van der Waals surface area contributed by atoms with Crippen LogP contribution in [0.3, 0.4) is 0 Å². The summed E-state index contributed by atoms with van der Waals surface area (Å²) in [6.45, 7) is 2.74. The molecule has 0 bridgehead atoms. The molecule has 0 aliphatic carbocycles. The fraction of sp³-hybridized carbons (Fsp3) is 0.238. The molecule has 3 aromatic rings. The minimum absolute atomic E-state index is 0.131. The van der Waals surface area contributed by atoms with Crippen LogP contribution >= 0.6 is 11.3 Å². The van der Waals surface area contributed by atoms with E-state index in [1.54, 1.807) is 23.5 Å². The van der Waals surface area contributed by atoms with Gasteiger partial charge in [-0.25, -0.2) is 9.37 Å². The maximum atomic E-state index is 13.0. The number of hydrogen-bond donors (Lipinski definition) is 1. The number of nitrogens with zero attached hydrogens (tertiary/aromatic N) is 2. The van der Waals surface area contributed by atoms with Gasteiger partial charge in [-0.3, -0.25) is 9.69 Å². The fourth-order valence-electron chi connectivity index (χ4n) is 3.23. The van der Waals surface area contributed by atoms with Gasteiger partial charge in [0.15, 0.2) is 5.13 Å². The zero-order valence-electron chi connectivity index (χ0n) is 14.8. The van der Waals surface area contributed by atoms with Crippen LogP contribution in [0.4, 0.5) is 9.52 Å². The maximum absolute atomic E-state index is 13.0. The second-order valence-corrected chi connectivity index (χ2v) is 7.77. The molecule has 27 heavy (non-hydrogen) atoms. The first kappa shape index (κ1) is 17.8. The summed E-state index contributed by atoms with van der Waals surface area (Å²) in [4.78, 5) is 20.4. The van der Waals surface area contributed by atoms with Gasteiger partial charge in [0.05, 0.1) is 12.1 Å². The van der Waals surface area contributed by atoms with E-state index in [0.717, 1.165) is 37.3 Å². The molecule has 4 rings (SSSR count). The summed E-state index contributed by atoms with van der Waals surface area (Å²) in [5.74, 6) is -0.430. The Morgan fingerprint density at radius 3 is 2.67 bits per heavy atom. The van der Waals surface area contributed by atoms with Crippen LogP contribution in [0.25, 0.3) is 0 Å². The van der Waals surface area contributed by atoms with Crippen LogP contribution in [-0.4, -0.2) is 22.3 Å². The molecule has 4 nitrogen and oxygen atoms in total. The monoisotopic (exact) mass is 381 g/mol. The molecule has 0 radical (unpaired) electrons. The summed E-state index contributed by atoms with van der Waals surface area (Å²) in [7, 11) is 0. The Kier molecular flexibility index (Phi) is 5.27. The number of aromatic nitrogens is 1. The van der Waals surface area contributed by atoms with Gasteiger partial charge in [-0.2, -0.15) is 0 Å². The van der Waals surface area contributed by atoms with Crippen molar-refractivity contribution in [2.45, 2.75) is 25.9 Å². The first-order valence-electron chi connectivity index (χ1n) is 8.95. The summed E-state index contributed by atoms with van der Waals surface area (Å²) in [5.41, 5.74) is 3.17. The van der Waals surface area contributed by atoms with E-state index in [9.17, 15) is 9.18 Å². The first-order chi connectivity index (χ1) is 13.2. The zero-order valence-corrected chi connectivity index (χ0v) is 15.6. The van der Waals surface area contributed by atoms with E-state index in [1.165, 1.54) is 22.6 Å². The Bertz CT molecular complexity index is 924. The highest BCUT2D eigenvalue weighted by Crippen LogP contribution is 2.29. The molecule has 0 fully saturated rings. The molecule has 0 spiro atoms. The highest BCUT2D eigenvalue weighted by atomic mass is 32.1. The van der Waals surface area contributed by atoms with Crippen molar-refractivity contribution in [3.63, 3.8) is 0 Å². The third-order valence-electron chi connectivity index (χ3n) is 4.58. The number of benzene rings is 2. The Morgan fingerprint density at radius 1 is 1.11 bits per heavy atom. The van der Waals surface area contributed by atoms with Crippen LogP contribution in [0, 0.1) is 5.82 Å². The zero-order chi connectivity index (χ0) is 18.6. The average Bonchev–Trinajstić information content (AvgIpc) is 3.06. The quantitative estimate of drug-likeness (QED) is 0.726. The van der Waals surface area contributed by atoms with Crippen molar-refractivity contribution in [2.75, 3.05) is 11.9 Å². The minimum Gasteiger partial charge on any atom is -0.302 e. The van der Waals surface area contributed by atoms with Crippen molar-refractivity contribution < 1.29 is 9.18 Å². The van der Waals surface area contributed by atoms with E-state index in [4.69, 9.17) is 0 Å². The molecule has 2 aromatic carbocycles. The van der Waals surface area contributed by atoms with Gasteiger partial charge >= 0.3 is 0 Å². The van der Waals surface area contributed by atoms with Crippen LogP contribution in [0.2, 0.25) is 0 Å². The third kappa shape index (κ3) is 4.59.